The van der Waals surface area contributed by atoms with Gasteiger partial charge in [0.2, 0.25) is 0 Å². The van der Waals surface area contributed by atoms with Gasteiger partial charge in [-0.05, 0) is 50.4 Å². The van der Waals surface area contributed by atoms with Gasteiger partial charge in [-0.1, -0.05) is 6.07 Å². The number of aromatic nitrogens is 2. The summed E-state index contributed by atoms with van der Waals surface area (Å²) in [5.41, 5.74) is 0.447. The number of rotatable bonds is 3. The summed E-state index contributed by atoms with van der Waals surface area (Å²) in [7, 11) is 0. The highest BCUT2D eigenvalue weighted by atomic mass is 79.9. The number of carbonyl (C=O) groups excluding carboxylic acids is 1. The monoisotopic (exact) mass is 414 g/mol. The maximum absolute atomic E-state index is 12.2. The second kappa shape index (κ2) is 6.27. The molecule has 0 unspecified atom stereocenters. The molecule has 1 aromatic heterocycles. The zero-order valence-corrected chi connectivity index (χ0v) is 13.8. The van der Waals surface area contributed by atoms with Crippen molar-refractivity contribution < 1.29 is 9.72 Å². The molecule has 0 spiro atoms. The first-order chi connectivity index (χ1) is 9.88. The summed E-state index contributed by atoms with van der Waals surface area (Å²) in [6, 6.07) is 4.32. The van der Waals surface area contributed by atoms with Crippen LogP contribution in [0.15, 0.2) is 33.6 Å². The van der Waals surface area contributed by atoms with E-state index in [2.05, 4.69) is 47.1 Å². The fourth-order valence-electron chi connectivity index (χ4n) is 1.60. The number of halogens is 2. The first-order valence-electron chi connectivity index (χ1n) is 5.63. The normalized spacial score (nSPS) is 10.2. The predicted molar refractivity (Wildman–Crippen MR) is 83.2 cm³/mol. The summed E-state index contributed by atoms with van der Waals surface area (Å²) in [5.74, 6) is -0.443. The molecule has 108 valence electrons. The average Bonchev–Trinajstić information content (AvgIpc) is 2.41. The van der Waals surface area contributed by atoms with Crippen LogP contribution in [0.2, 0.25) is 0 Å². The van der Waals surface area contributed by atoms with E-state index < -0.39 is 10.8 Å². The van der Waals surface area contributed by atoms with Gasteiger partial charge in [0.15, 0.2) is 5.82 Å². The molecule has 0 aliphatic carbocycles. The lowest BCUT2D eigenvalue weighted by Crippen LogP contribution is -2.15. The molecule has 2 rings (SSSR count). The van der Waals surface area contributed by atoms with Gasteiger partial charge in [-0.15, -0.1) is 0 Å². The number of benzene rings is 1. The lowest BCUT2D eigenvalue weighted by molar-refractivity contribution is -0.385. The molecule has 7 nitrogen and oxygen atoms in total. The number of aryl methyl sites for hydroxylation is 1. The Morgan fingerprint density at radius 2 is 2.10 bits per heavy atom. The smallest absolute Gasteiger partial charge is 0.282 e. The number of nitro benzene ring substituents is 1. The number of carbonyl (C=O) groups is 1. The second-order valence-corrected chi connectivity index (χ2v) is 5.63. The van der Waals surface area contributed by atoms with E-state index in [1.165, 1.54) is 18.3 Å². The van der Waals surface area contributed by atoms with E-state index in [0.29, 0.717) is 9.21 Å². The van der Waals surface area contributed by atoms with Crippen molar-refractivity contribution in [3.05, 3.63) is 54.8 Å². The lowest BCUT2D eigenvalue weighted by Gasteiger charge is -2.07. The number of hydrogen-bond donors (Lipinski definition) is 1. The van der Waals surface area contributed by atoms with E-state index in [1.54, 1.807) is 13.0 Å². The van der Waals surface area contributed by atoms with Gasteiger partial charge in [0, 0.05) is 6.07 Å². The quantitative estimate of drug-likeness (QED) is 0.611. The third-order valence-electron chi connectivity index (χ3n) is 2.53. The highest BCUT2D eigenvalue weighted by Crippen LogP contribution is 2.23. The van der Waals surface area contributed by atoms with Gasteiger partial charge in [0.1, 0.15) is 14.8 Å². The Morgan fingerprint density at radius 1 is 1.38 bits per heavy atom. The van der Waals surface area contributed by atoms with E-state index in [1.807, 2.05) is 0 Å². The summed E-state index contributed by atoms with van der Waals surface area (Å²) in [6.07, 6.45) is 1.41. The first kappa shape index (κ1) is 15.5. The molecule has 0 saturated heterocycles. The Labute approximate surface area is 136 Å². The van der Waals surface area contributed by atoms with Crippen molar-refractivity contribution in [2.45, 2.75) is 6.92 Å². The van der Waals surface area contributed by atoms with E-state index in [4.69, 9.17) is 0 Å². The largest absolute Gasteiger partial charge is 0.304 e. The molecule has 1 aromatic carbocycles. The summed E-state index contributed by atoms with van der Waals surface area (Å²) < 4.78 is 0.814. The third kappa shape index (κ3) is 3.61. The zero-order chi connectivity index (χ0) is 15.6. The summed E-state index contributed by atoms with van der Waals surface area (Å²) in [6.45, 7) is 1.75. The average molecular weight is 416 g/mol. The van der Waals surface area contributed by atoms with Crippen LogP contribution in [0.25, 0.3) is 0 Å². The second-order valence-electron chi connectivity index (χ2n) is 4.06. The fourth-order valence-corrected chi connectivity index (χ4v) is 2.51. The predicted octanol–water partition coefficient (Wildman–Crippen LogP) is 3.47. The van der Waals surface area contributed by atoms with E-state index in [0.717, 1.165) is 5.56 Å². The molecule has 0 saturated carbocycles. The fraction of sp³-hybridized carbons (Fsp3) is 0.0833. The Hall–Kier alpha value is -1.87. The standard InChI is InChI=1S/C12H8Br2N4O3/c1-6-2-3-8(18(20)21)7(4-6)12(19)17-11-10(14)16-9(13)5-15-11/h2-5H,1H3,(H,15,17,19). The molecule has 2 aromatic rings. The van der Waals surface area contributed by atoms with Gasteiger partial charge in [0.05, 0.1) is 11.1 Å². The van der Waals surface area contributed by atoms with Gasteiger partial charge in [-0.3, -0.25) is 14.9 Å². The maximum Gasteiger partial charge on any atom is 0.282 e. The molecule has 0 radical (unpaired) electrons. The molecular formula is C12H8Br2N4O3. The highest BCUT2D eigenvalue weighted by Gasteiger charge is 2.21. The SMILES string of the molecule is Cc1ccc([N+](=O)[O-])c(C(=O)Nc2ncc(Br)nc2Br)c1. The summed E-state index contributed by atoms with van der Waals surface area (Å²) >= 11 is 6.30. The van der Waals surface area contributed by atoms with Crippen LogP contribution in [-0.2, 0) is 0 Å². The Morgan fingerprint density at radius 3 is 2.71 bits per heavy atom. The molecule has 9 heteroatoms. The molecule has 0 aliphatic heterocycles. The molecule has 1 heterocycles. The highest BCUT2D eigenvalue weighted by molar-refractivity contribution is 9.11. The Kier molecular flexibility index (Phi) is 4.63. The van der Waals surface area contributed by atoms with Crippen molar-refractivity contribution in [2.24, 2.45) is 0 Å². The van der Waals surface area contributed by atoms with Crippen LogP contribution in [0.3, 0.4) is 0 Å². The third-order valence-corrected chi connectivity index (χ3v) is 3.46. The molecule has 0 bridgehead atoms. The van der Waals surface area contributed by atoms with Gasteiger partial charge in [-0.2, -0.15) is 0 Å². The number of hydrogen-bond acceptors (Lipinski definition) is 5. The molecule has 0 atom stereocenters. The molecular weight excluding hydrogens is 408 g/mol. The number of nitrogens with one attached hydrogen (secondary N) is 1. The van der Waals surface area contributed by atoms with Gasteiger partial charge >= 0.3 is 0 Å². The minimum atomic E-state index is -0.622. The minimum Gasteiger partial charge on any atom is -0.304 e. The van der Waals surface area contributed by atoms with Crippen molar-refractivity contribution in [1.82, 2.24) is 9.97 Å². The van der Waals surface area contributed by atoms with Crippen LogP contribution in [0.1, 0.15) is 15.9 Å². The summed E-state index contributed by atoms with van der Waals surface area (Å²) in [4.78, 5) is 30.6. The molecule has 1 amide bonds. The van der Waals surface area contributed by atoms with Crippen molar-refractivity contribution in [3.8, 4) is 0 Å². The summed E-state index contributed by atoms with van der Waals surface area (Å²) in [5, 5.41) is 13.5. The molecule has 0 aliphatic rings. The topological polar surface area (TPSA) is 98.0 Å². The molecule has 1 N–H and O–H groups in total. The number of nitrogens with zero attached hydrogens (tertiary/aromatic N) is 3. The molecule has 0 fully saturated rings. The lowest BCUT2D eigenvalue weighted by atomic mass is 10.1. The Bertz CT molecular complexity index is 736. The van der Waals surface area contributed by atoms with E-state index >= 15 is 0 Å². The number of nitro groups is 1. The molecule has 21 heavy (non-hydrogen) atoms. The van der Waals surface area contributed by atoms with Gasteiger partial charge in [-0.25, -0.2) is 9.97 Å². The van der Waals surface area contributed by atoms with Crippen molar-refractivity contribution in [1.29, 1.82) is 0 Å². The Balaban J connectivity index is 2.36. The maximum atomic E-state index is 12.2. The first-order valence-corrected chi connectivity index (χ1v) is 7.21. The van der Waals surface area contributed by atoms with Crippen LogP contribution < -0.4 is 5.32 Å². The van der Waals surface area contributed by atoms with E-state index in [9.17, 15) is 14.9 Å². The van der Waals surface area contributed by atoms with Crippen LogP contribution in [0.5, 0.6) is 0 Å². The number of anilines is 1. The zero-order valence-electron chi connectivity index (χ0n) is 10.6. The van der Waals surface area contributed by atoms with Crippen LogP contribution in [0, 0.1) is 17.0 Å². The minimum absolute atomic E-state index is 0.0309. The van der Waals surface area contributed by atoms with Crippen molar-refractivity contribution in [3.63, 3.8) is 0 Å². The van der Waals surface area contributed by atoms with Gasteiger partial charge < -0.3 is 5.32 Å². The van der Waals surface area contributed by atoms with E-state index in [-0.39, 0.29) is 17.1 Å². The van der Waals surface area contributed by atoms with Crippen LogP contribution in [-0.4, -0.2) is 20.8 Å². The van der Waals surface area contributed by atoms with Crippen molar-refractivity contribution in [2.75, 3.05) is 5.32 Å². The van der Waals surface area contributed by atoms with Gasteiger partial charge in [0.25, 0.3) is 11.6 Å². The number of amides is 1. The van der Waals surface area contributed by atoms with Crippen LogP contribution >= 0.6 is 31.9 Å². The van der Waals surface area contributed by atoms with Crippen molar-refractivity contribution >= 4 is 49.3 Å². The van der Waals surface area contributed by atoms with Crippen LogP contribution in [0.4, 0.5) is 11.5 Å².